The van der Waals surface area contributed by atoms with Gasteiger partial charge in [-0.1, -0.05) is 0 Å². The molecule has 0 aromatic heterocycles. The normalized spacial score (nSPS) is 20.4. The first-order valence-corrected chi connectivity index (χ1v) is 7.01. The van der Waals surface area contributed by atoms with Gasteiger partial charge >= 0.3 is 0 Å². The summed E-state index contributed by atoms with van der Waals surface area (Å²) in [6.45, 7) is 7.15. The van der Waals surface area contributed by atoms with Gasteiger partial charge in [-0.2, -0.15) is 5.26 Å². The minimum Gasteiger partial charge on any atom is -0.490 e. The molecule has 4 nitrogen and oxygen atoms in total. The van der Waals surface area contributed by atoms with E-state index >= 15 is 0 Å². The number of ether oxygens (including phenoxy) is 3. The summed E-state index contributed by atoms with van der Waals surface area (Å²) in [5.74, 6) is 1.28. The fourth-order valence-electron chi connectivity index (χ4n) is 2.34. The van der Waals surface area contributed by atoms with Gasteiger partial charge in [0, 0.05) is 6.07 Å². The zero-order valence-corrected chi connectivity index (χ0v) is 12.3. The van der Waals surface area contributed by atoms with Crippen LogP contribution in [0.15, 0.2) is 18.2 Å². The number of rotatable bonds is 5. The zero-order chi connectivity index (χ0) is 14.6. The van der Waals surface area contributed by atoms with Crippen molar-refractivity contribution in [2.45, 2.75) is 45.3 Å². The summed E-state index contributed by atoms with van der Waals surface area (Å²) in [6, 6.07) is 7.32. The first-order chi connectivity index (χ1) is 9.54. The molecule has 1 aromatic rings. The van der Waals surface area contributed by atoms with Gasteiger partial charge in [0.15, 0.2) is 11.5 Å². The van der Waals surface area contributed by atoms with Crippen molar-refractivity contribution in [3.63, 3.8) is 0 Å². The third kappa shape index (κ3) is 3.64. The fourth-order valence-corrected chi connectivity index (χ4v) is 2.34. The van der Waals surface area contributed by atoms with Gasteiger partial charge in [-0.05, 0) is 45.7 Å². The van der Waals surface area contributed by atoms with E-state index in [9.17, 15) is 0 Å². The maximum atomic E-state index is 8.91. The molecule has 0 bridgehead atoms. The van der Waals surface area contributed by atoms with Gasteiger partial charge in [0.05, 0.1) is 29.9 Å². The van der Waals surface area contributed by atoms with E-state index in [0.717, 1.165) is 12.8 Å². The van der Waals surface area contributed by atoms with Crippen LogP contribution in [0.3, 0.4) is 0 Å². The molecule has 2 rings (SSSR count). The first kappa shape index (κ1) is 14.7. The molecule has 1 unspecified atom stereocenters. The Morgan fingerprint density at radius 2 is 2.15 bits per heavy atom. The summed E-state index contributed by atoms with van der Waals surface area (Å²) < 4.78 is 17.2. The van der Waals surface area contributed by atoms with Crippen LogP contribution in [0.4, 0.5) is 0 Å². The van der Waals surface area contributed by atoms with Crippen LogP contribution < -0.4 is 9.47 Å². The van der Waals surface area contributed by atoms with Crippen molar-refractivity contribution in [3.05, 3.63) is 23.8 Å². The van der Waals surface area contributed by atoms with Gasteiger partial charge < -0.3 is 14.2 Å². The van der Waals surface area contributed by atoms with E-state index < -0.39 is 0 Å². The smallest absolute Gasteiger partial charge is 0.162 e. The van der Waals surface area contributed by atoms with Crippen LogP contribution in [0.1, 0.15) is 39.2 Å². The maximum absolute atomic E-state index is 8.91. The third-order valence-electron chi connectivity index (χ3n) is 3.35. The second-order valence-corrected chi connectivity index (χ2v) is 5.56. The van der Waals surface area contributed by atoms with E-state index in [-0.39, 0.29) is 11.7 Å². The number of nitrogens with zero attached hydrogens (tertiary/aromatic N) is 1. The topological polar surface area (TPSA) is 51.5 Å². The molecule has 20 heavy (non-hydrogen) atoms. The molecule has 1 aliphatic rings. The van der Waals surface area contributed by atoms with Crippen LogP contribution in [0.2, 0.25) is 0 Å². The van der Waals surface area contributed by atoms with Crippen molar-refractivity contribution in [2.75, 3.05) is 13.2 Å². The molecular weight excluding hydrogens is 254 g/mol. The Labute approximate surface area is 120 Å². The summed E-state index contributed by atoms with van der Waals surface area (Å²) in [6.07, 6.45) is 2.18. The lowest BCUT2D eigenvalue weighted by Crippen LogP contribution is -2.24. The van der Waals surface area contributed by atoms with Gasteiger partial charge in [0.1, 0.15) is 6.61 Å². The average molecular weight is 275 g/mol. The molecule has 4 heteroatoms. The molecule has 108 valence electrons. The lowest BCUT2D eigenvalue weighted by atomic mass is 10.1. The van der Waals surface area contributed by atoms with Gasteiger partial charge in [-0.3, -0.25) is 0 Å². The number of benzene rings is 1. The molecule has 0 N–H and O–H groups in total. The Hall–Kier alpha value is -1.73. The summed E-state index contributed by atoms with van der Waals surface area (Å²) >= 11 is 0. The van der Waals surface area contributed by atoms with Crippen LogP contribution in [0.5, 0.6) is 11.5 Å². The van der Waals surface area contributed by atoms with Crippen LogP contribution in [-0.4, -0.2) is 24.9 Å². The van der Waals surface area contributed by atoms with Gasteiger partial charge in [-0.25, -0.2) is 0 Å². The molecule has 1 fully saturated rings. The number of hydrogen-bond acceptors (Lipinski definition) is 4. The predicted molar refractivity (Wildman–Crippen MR) is 76.0 cm³/mol. The van der Waals surface area contributed by atoms with Crippen molar-refractivity contribution in [1.82, 2.24) is 0 Å². The van der Waals surface area contributed by atoms with E-state index in [1.54, 1.807) is 18.2 Å². The molecule has 0 spiro atoms. The van der Waals surface area contributed by atoms with Crippen LogP contribution >= 0.6 is 0 Å². The van der Waals surface area contributed by atoms with Gasteiger partial charge in [-0.15, -0.1) is 0 Å². The summed E-state index contributed by atoms with van der Waals surface area (Å²) in [4.78, 5) is 0. The monoisotopic (exact) mass is 275 g/mol. The van der Waals surface area contributed by atoms with Crippen LogP contribution in [-0.2, 0) is 4.74 Å². The summed E-state index contributed by atoms with van der Waals surface area (Å²) in [5, 5.41) is 8.91. The second-order valence-electron chi connectivity index (χ2n) is 5.56. The van der Waals surface area contributed by atoms with E-state index in [1.807, 2.05) is 6.92 Å². The predicted octanol–water partition coefficient (Wildman–Crippen LogP) is 3.29. The molecule has 0 aliphatic carbocycles. The van der Waals surface area contributed by atoms with E-state index in [1.165, 1.54) is 0 Å². The molecule has 1 aromatic carbocycles. The van der Waals surface area contributed by atoms with Crippen molar-refractivity contribution in [2.24, 2.45) is 0 Å². The number of nitriles is 1. The largest absolute Gasteiger partial charge is 0.490 e. The quantitative estimate of drug-likeness (QED) is 0.827. The Morgan fingerprint density at radius 1 is 1.35 bits per heavy atom. The SMILES string of the molecule is CCOc1cc(C#N)ccc1OCC1CCC(C)(C)O1. The average Bonchev–Trinajstić information content (AvgIpc) is 2.77. The fraction of sp³-hybridized carbons (Fsp3) is 0.562. The van der Waals surface area contributed by atoms with Crippen molar-refractivity contribution in [3.8, 4) is 17.6 Å². The van der Waals surface area contributed by atoms with Gasteiger partial charge in [0.2, 0.25) is 0 Å². The van der Waals surface area contributed by atoms with Crippen LogP contribution in [0.25, 0.3) is 0 Å². The highest BCUT2D eigenvalue weighted by atomic mass is 16.6. The highest BCUT2D eigenvalue weighted by Crippen LogP contribution is 2.32. The molecule has 0 amide bonds. The standard InChI is InChI=1S/C16H21NO3/c1-4-18-15-9-12(10-17)5-6-14(15)19-11-13-7-8-16(2,3)20-13/h5-6,9,13H,4,7-8,11H2,1-3H3. The minimum absolute atomic E-state index is 0.0541. The highest BCUT2D eigenvalue weighted by Gasteiger charge is 2.32. The Bertz CT molecular complexity index is 505. The molecule has 1 heterocycles. The molecule has 0 saturated carbocycles. The molecule has 1 aliphatic heterocycles. The molecular formula is C16H21NO3. The Balaban J connectivity index is 2.00. The maximum Gasteiger partial charge on any atom is 0.162 e. The van der Waals surface area contributed by atoms with Gasteiger partial charge in [0.25, 0.3) is 0 Å². The van der Waals surface area contributed by atoms with E-state index in [4.69, 9.17) is 19.5 Å². The van der Waals surface area contributed by atoms with E-state index in [2.05, 4.69) is 19.9 Å². The molecule has 1 atom stereocenters. The lowest BCUT2D eigenvalue weighted by Gasteiger charge is -2.20. The summed E-state index contributed by atoms with van der Waals surface area (Å²) in [7, 11) is 0. The first-order valence-electron chi connectivity index (χ1n) is 7.01. The molecule has 0 radical (unpaired) electrons. The summed E-state index contributed by atoms with van der Waals surface area (Å²) in [5.41, 5.74) is 0.514. The van der Waals surface area contributed by atoms with Crippen molar-refractivity contribution >= 4 is 0 Å². The minimum atomic E-state index is -0.0541. The van der Waals surface area contributed by atoms with E-state index in [0.29, 0.717) is 30.3 Å². The highest BCUT2D eigenvalue weighted by molar-refractivity contribution is 5.46. The lowest BCUT2D eigenvalue weighted by molar-refractivity contribution is -0.0329. The van der Waals surface area contributed by atoms with Crippen LogP contribution in [0, 0.1) is 11.3 Å². The number of hydrogen-bond donors (Lipinski definition) is 0. The molecule has 1 saturated heterocycles. The Kier molecular flexibility index (Phi) is 4.51. The third-order valence-corrected chi connectivity index (χ3v) is 3.35. The zero-order valence-electron chi connectivity index (χ0n) is 12.3. The van der Waals surface area contributed by atoms with Crippen molar-refractivity contribution in [1.29, 1.82) is 5.26 Å². The second kappa shape index (κ2) is 6.15. The Morgan fingerprint density at radius 3 is 2.75 bits per heavy atom. The van der Waals surface area contributed by atoms with Crippen molar-refractivity contribution < 1.29 is 14.2 Å².